The van der Waals surface area contributed by atoms with Gasteiger partial charge < -0.3 is 0 Å². The third kappa shape index (κ3) is 2.76. The molecular formula is C15H16F4N2. The number of rotatable bonds is 3. The zero-order chi connectivity index (χ0) is 15.4. The van der Waals surface area contributed by atoms with E-state index in [1.165, 1.54) is 6.07 Å². The van der Waals surface area contributed by atoms with Gasteiger partial charge in [-0.25, -0.2) is 4.39 Å². The Kier molecular flexibility index (Phi) is 3.22. The van der Waals surface area contributed by atoms with Crippen LogP contribution in [0.5, 0.6) is 0 Å². The third-order valence-electron chi connectivity index (χ3n) is 4.19. The molecule has 0 saturated heterocycles. The molecule has 0 spiro atoms. The number of benzene rings is 1. The van der Waals surface area contributed by atoms with Gasteiger partial charge in [0, 0.05) is 0 Å². The van der Waals surface area contributed by atoms with Crippen molar-refractivity contribution in [2.24, 2.45) is 11.8 Å². The van der Waals surface area contributed by atoms with Crippen LogP contribution in [0.15, 0.2) is 18.3 Å². The van der Waals surface area contributed by atoms with Crippen molar-refractivity contribution in [3.05, 3.63) is 29.7 Å². The predicted octanol–water partition coefficient (Wildman–Crippen LogP) is 4.50. The van der Waals surface area contributed by atoms with Crippen LogP contribution in [-0.2, 0) is 6.54 Å². The molecule has 1 fully saturated rings. The van der Waals surface area contributed by atoms with Gasteiger partial charge in [0.15, 0.2) is 0 Å². The number of hydrogen-bond acceptors (Lipinski definition) is 1. The van der Waals surface area contributed by atoms with Crippen LogP contribution in [0.3, 0.4) is 0 Å². The van der Waals surface area contributed by atoms with Gasteiger partial charge in [0.05, 0.1) is 17.1 Å². The molecule has 0 bridgehead atoms. The topological polar surface area (TPSA) is 17.8 Å². The minimum Gasteiger partial charge on any atom is -0.256 e. The highest BCUT2D eigenvalue weighted by Crippen LogP contribution is 2.52. The van der Waals surface area contributed by atoms with Crippen LogP contribution in [-0.4, -0.2) is 16.0 Å². The second-order valence-corrected chi connectivity index (χ2v) is 6.10. The number of aromatic nitrogens is 2. The van der Waals surface area contributed by atoms with E-state index >= 15 is 0 Å². The molecule has 0 N–H and O–H groups in total. The molecular weight excluding hydrogens is 284 g/mol. The van der Waals surface area contributed by atoms with Crippen molar-refractivity contribution in [2.75, 3.05) is 0 Å². The van der Waals surface area contributed by atoms with Crippen LogP contribution in [0, 0.1) is 17.7 Å². The molecule has 1 aliphatic carbocycles. The summed E-state index contributed by atoms with van der Waals surface area (Å²) in [6.07, 6.45) is -2.24. The Hall–Kier alpha value is -1.59. The van der Waals surface area contributed by atoms with Crippen molar-refractivity contribution in [2.45, 2.75) is 38.9 Å². The molecule has 2 nitrogen and oxygen atoms in total. The Labute approximate surface area is 119 Å². The van der Waals surface area contributed by atoms with Crippen LogP contribution in [0.1, 0.15) is 31.7 Å². The normalized spacial score (nSPS) is 22.2. The molecule has 114 valence electrons. The lowest BCUT2D eigenvalue weighted by Gasteiger charge is -2.09. The lowest BCUT2D eigenvalue weighted by atomic mass is 10.0. The summed E-state index contributed by atoms with van der Waals surface area (Å²) in [4.78, 5) is 0. The minimum atomic E-state index is -4.37. The number of alkyl halides is 3. The molecule has 2 aromatic rings. The van der Waals surface area contributed by atoms with Gasteiger partial charge in [-0.3, -0.25) is 4.68 Å². The summed E-state index contributed by atoms with van der Waals surface area (Å²) in [5.41, 5.74) is 0.999. The van der Waals surface area contributed by atoms with Gasteiger partial charge in [-0.1, -0.05) is 13.8 Å². The lowest BCUT2D eigenvalue weighted by Crippen LogP contribution is -2.18. The molecule has 3 rings (SSSR count). The van der Waals surface area contributed by atoms with Crippen molar-refractivity contribution in [3.63, 3.8) is 0 Å². The van der Waals surface area contributed by atoms with Crippen LogP contribution >= 0.6 is 0 Å². The molecule has 1 saturated carbocycles. The van der Waals surface area contributed by atoms with Gasteiger partial charge in [0.1, 0.15) is 12.4 Å². The summed E-state index contributed by atoms with van der Waals surface area (Å²) in [6.45, 7) is 3.01. The van der Waals surface area contributed by atoms with E-state index < -0.39 is 18.5 Å². The first-order valence-electron chi connectivity index (χ1n) is 6.98. The number of halogens is 4. The molecule has 21 heavy (non-hydrogen) atoms. The van der Waals surface area contributed by atoms with Gasteiger partial charge >= 0.3 is 6.18 Å². The third-order valence-corrected chi connectivity index (χ3v) is 4.19. The zero-order valence-electron chi connectivity index (χ0n) is 11.8. The fourth-order valence-electron chi connectivity index (χ4n) is 3.00. The highest BCUT2D eigenvalue weighted by Gasteiger charge is 2.40. The maximum Gasteiger partial charge on any atom is 0.408 e. The van der Waals surface area contributed by atoms with E-state index in [0.717, 1.165) is 22.9 Å². The second kappa shape index (κ2) is 4.71. The summed E-state index contributed by atoms with van der Waals surface area (Å²) < 4.78 is 52.5. The zero-order valence-corrected chi connectivity index (χ0v) is 11.8. The van der Waals surface area contributed by atoms with Crippen molar-refractivity contribution in [1.82, 2.24) is 9.78 Å². The largest absolute Gasteiger partial charge is 0.408 e. The Bertz CT molecular complexity index is 672. The van der Waals surface area contributed by atoms with Crippen molar-refractivity contribution in [3.8, 4) is 0 Å². The molecule has 0 amide bonds. The van der Waals surface area contributed by atoms with Crippen LogP contribution in [0.2, 0.25) is 0 Å². The molecule has 2 atom stereocenters. The van der Waals surface area contributed by atoms with E-state index in [9.17, 15) is 17.6 Å². The van der Waals surface area contributed by atoms with Gasteiger partial charge in [-0.15, -0.1) is 0 Å². The Morgan fingerprint density at radius 3 is 2.62 bits per heavy atom. The number of fused-ring (bicyclic) bond motifs is 1. The highest BCUT2D eigenvalue weighted by atomic mass is 19.4. The minimum absolute atomic E-state index is 0.143. The molecule has 1 aromatic heterocycles. The number of nitrogens with zero attached hydrogens (tertiary/aromatic N) is 2. The van der Waals surface area contributed by atoms with E-state index in [-0.39, 0.29) is 16.8 Å². The fraction of sp³-hybridized carbons (Fsp3) is 0.533. The highest BCUT2D eigenvalue weighted by molar-refractivity contribution is 5.80. The molecule has 1 aromatic carbocycles. The molecule has 6 heteroatoms. The van der Waals surface area contributed by atoms with Gasteiger partial charge in [0.2, 0.25) is 0 Å². The van der Waals surface area contributed by atoms with Gasteiger partial charge in [0.25, 0.3) is 0 Å². The molecule has 0 radical (unpaired) electrons. The van der Waals surface area contributed by atoms with Crippen LogP contribution in [0.4, 0.5) is 17.6 Å². The summed E-state index contributed by atoms with van der Waals surface area (Å²) in [5, 5.41) is 3.82. The Morgan fingerprint density at radius 1 is 1.33 bits per heavy atom. The average molecular weight is 300 g/mol. The average Bonchev–Trinajstić information content (AvgIpc) is 3.06. The summed E-state index contributed by atoms with van der Waals surface area (Å²) in [5.74, 6) is 0.734. The van der Waals surface area contributed by atoms with E-state index in [0.29, 0.717) is 11.8 Å². The Morgan fingerprint density at radius 2 is 2.05 bits per heavy atom. The number of hydrogen-bond donors (Lipinski definition) is 0. The van der Waals surface area contributed by atoms with E-state index in [1.54, 1.807) is 6.07 Å². The molecule has 1 heterocycles. The molecule has 0 unspecified atom stereocenters. The van der Waals surface area contributed by atoms with E-state index in [2.05, 4.69) is 18.9 Å². The fourth-order valence-corrected chi connectivity index (χ4v) is 3.00. The first-order valence-corrected chi connectivity index (χ1v) is 6.98. The summed E-state index contributed by atoms with van der Waals surface area (Å²) in [6, 6.07) is 3.10. The standard InChI is InChI=1S/C15H16F4N2/c1-8(2)10-5-11(10)9-3-13(16)12-6-20-21(14(12)4-9)7-15(17,18)19/h3-4,6,8,10-11H,5,7H2,1-2H3/t10-,11-/m1/s1. The smallest absolute Gasteiger partial charge is 0.256 e. The SMILES string of the molecule is CC(C)[C@H]1C[C@@H]1c1cc(F)c2cnn(CC(F)(F)F)c2c1. The van der Waals surface area contributed by atoms with Crippen LogP contribution < -0.4 is 0 Å². The first kappa shape index (κ1) is 14.4. The van der Waals surface area contributed by atoms with Crippen LogP contribution in [0.25, 0.3) is 10.9 Å². The lowest BCUT2D eigenvalue weighted by molar-refractivity contribution is -0.141. The summed E-state index contributed by atoms with van der Waals surface area (Å²) in [7, 11) is 0. The predicted molar refractivity (Wildman–Crippen MR) is 71.4 cm³/mol. The van der Waals surface area contributed by atoms with E-state index in [4.69, 9.17) is 0 Å². The molecule has 0 aliphatic heterocycles. The first-order chi connectivity index (χ1) is 9.76. The van der Waals surface area contributed by atoms with Gasteiger partial charge in [-0.05, 0) is 41.9 Å². The van der Waals surface area contributed by atoms with Gasteiger partial charge in [-0.2, -0.15) is 18.3 Å². The monoisotopic (exact) mass is 300 g/mol. The molecule has 1 aliphatic rings. The maximum absolute atomic E-state index is 14.1. The van der Waals surface area contributed by atoms with Crippen molar-refractivity contribution < 1.29 is 17.6 Å². The van der Waals surface area contributed by atoms with E-state index in [1.807, 2.05) is 0 Å². The van der Waals surface area contributed by atoms with Crippen molar-refractivity contribution >= 4 is 10.9 Å². The summed E-state index contributed by atoms with van der Waals surface area (Å²) >= 11 is 0. The Balaban J connectivity index is 2.00. The quantitative estimate of drug-likeness (QED) is 0.763. The van der Waals surface area contributed by atoms with Crippen molar-refractivity contribution in [1.29, 1.82) is 0 Å². The second-order valence-electron chi connectivity index (χ2n) is 6.10. The maximum atomic E-state index is 14.1.